The van der Waals surface area contributed by atoms with Crippen molar-refractivity contribution in [3.63, 3.8) is 0 Å². The summed E-state index contributed by atoms with van der Waals surface area (Å²) in [6, 6.07) is 97.3. The van der Waals surface area contributed by atoms with Crippen molar-refractivity contribution in [2.75, 3.05) is 0 Å². The van der Waals surface area contributed by atoms with Crippen molar-refractivity contribution in [3.8, 4) is 67.8 Å². The number of halogens is 1. The second kappa shape index (κ2) is 24.5. The van der Waals surface area contributed by atoms with Gasteiger partial charge in [-0.3, -0.25) is 0 Å². The normalized spacial score (nSPS) is 13.5. The van der Waals surface area contributed by atoms with Crippen LogP contribution in [0.5, 0.6) is 0 Å². The molecule has 9 heterocycles. The summed E-state index contributed by atoms with van der Waals surface area (Å²) in [5.41, 5.74) is 14.3. The standard InChI is InChI=1S/C38H23N3S2.C28H24BNO2S2.C16H11BrN2/c1-4-12-24(13-5-1)30-23-31(25-14-6-2-7-15-25)40-37(39-30)26-20-21-33-29(22-26)35-36(42-33)34-28-18-10-11-19-32(28)41(38(34)43-35)27-16-8-3-9-17-27;1-27(2)28(3,4)32-29(31-27)17-14-15-22-20(16-17)24-25(33-22)23-19-12-8-9-13-21(19)30(26(23)34-24)18-10-6-5-7-11-18;17-16-18-14(12-7-3-1-4-8-12)11-15(19-16)13-9-5-2-6-10-13/h1-23H;5-16H,1-4H3;1-11H. The summed E-state index contributed by atoms with van der Waals surface area (Å²) in [5, 5.41) is 7.86. The third kappa shape index (κ3) is 10.7. The zero-order valence-corrected chi connectivity index (χ0v) is 57.5. The first-order valence-corrected chi connectivity index (χ1v) is 35.9. The lowest BCUT2D eigenvalue weighted by molar-refractivity contribution is 0.00578. The predicted molar refractivity (Wildman–Crippen MR) is 411 cm³/mol. The van der Waals surface area contributed by atoms with E-state index in [2.05, 4.69) is 263 Å². The molecule has 0 N–H and O–H groups in total. The largest absolute Gasteiger partial charge is 0.494 e. The van der Waals surface area contributed by atoms with Crippen LogP contribution in [0.2, 0.25) is 0 Å². The Morgan fingerprint density at radius 1 is 0.344 bits per heavy atom. The molecule has 8 nitrogen and oxygen atoms in total. The number of para-hydroxylation sites is 4. The lowest BCUT2D eigenvalue weighted by atomic mass is 9.79. The number of thiophene rings is 4. The van der Waals surface area contributed by atoms with Gasteiger partial charge in [-0.25, -0.2) is 19.9 Å². The first-order chi connectivity index (χ1) is 47.0. The van der Waals surface area contributed by atoms with Crippen molar-refractivity contribution in [2.45, 2.75) is 38.9 Å². The van der Waals surface area contributed by atoms with E-state index >= 15 is 0 Å². The van der Waals surface area contributed by atoms with Gasteiger partial charge in [-0.05, 0) is 122 Å². The van der Waals surface area contributed by atoms with Crippen molar-refractivity contribution < 1.29 is 9.31 Å². The fourth-order valence-electron chi connectivity index (χ4n) is 12.9. The molecular weight excluding hydrogens is 1320 g/mol. The monoisotopic (exact) mass is 1380 g/mol. The molecule has 0 spiro atoms. The van der Waals surface area contributed by atoms with Crippen LogP contribution in [0, 0.1) is 0 Å². The van der Waals surface area contributed by atoms with E-state index < -0.39 is 0 Å². The van der Waals surface area contributed by atoms with Crippen molar-refractivity contribution in [3.05, 3.63) is 284 Å². The van der Waals surface area contributed by atoms with E-state index in [-0.39, 0.29) is 18.3 Å². The molecule has 0 bridgehead atoms. The van der Waals surface area contributed by atoms with Gasteiger partial charge in [0.05, 0.1) is 63.8 Å². The number of hydrogen-bond acceptors (Lipinski definition) is 10. The molecule has 19 rings (SSSR count). The fraction of sp³-hybridized carbons (Fsp3) is 0.0732. The highest BCUT2D eigenvalue weighted by Crippen LogP contribution is 2.51. The number of aromatic nitrogens is 6. The average Bonchev–Trinajstić information content (AvgIpc) is 1.55. The van der Waals surface area contributed by atoms with E-state index in [1.807, 2.05) is 124 Å². The van der Waals surface area contributed by atoms with E-state index in [0.717, 1.165) is 61.9 Å². The number of hydrogen-bond donors (Lipinski definition) is 0. The zero-order valence-electron chi connectivity index (χ0n) is 52.6. The first kappa shape index (κ1) is 60.0. The fourth-order valence-corrected chi connectivity index (χ4v) is 18.9. The zero-order chi connectivity index (χ0) is 64.7. The number of nitrogens with zero attached hydrogens (tertiary/aromatic N) is 6. The maximum absolute atomic E-state index is 6.35. The Bertz CT molecular complexity index is 5800. The summed E-state index contributed by atoms with van der Waals surface area (Å²) >= 11 is 10.9. The Labute approximate surface area is 579 Å². The molecule has 0 aliphatic carbocycles. The second-order valence-electron chi connectivity index (χ2n) is 24.8. The lowest BCUT2D eigenvalue weighted by Crippen LogP contribution is -2.41. The van der Waals surface area contributed by atoms with Gasteiger partial charge in [0, 0.05) is 80.9 Å². The minimum atomic E-state index is -0.349. The summed E-state index contributed by atoms with van der Waals surface area (Å²) in [6.45, 7) is 8.42. The molecule has 0 unspecified atom stereocenters. The Morgan fingerprint density at radius 2 is 0.708 bits per heavy atom. The molecule has 0 radical (unpaired) electrons. The molecule has 10 aromatic carbocycles. The highest BCUT2D eigenvalue weighted by Gasteiger charge is 2.51. The molecule has 0 atom stereocenters. The van der Waals surface area contributed by atoms with Crippen molar-refractivity contribution in [1.82, 2.24) is 29.1 Å². The Kier molecular flexibility index (Phi) is 15.3. The van der Waals surface area contributed by atoms with Crippen LogP contribution in [0.1, 0.15) is 27.7 Å². The quantitative estimate of drug-likeness (QED) is 0.111. The molecular formula is C82H58BBrN6O2S4. The minimum Gasteiger partial charge on any atom is -0.399 e. The van der Waals surface area contributed by atoms with E-state index in [4.69, 9.17) is 19.3 Å². The van der Waals surface area contributed by atoms with Crippen LogP contribution in [0.4, 0.5) is 0 Å². The molecule has 18 aromatic rings. The van der Waals surface area contributed by atoms with Gasteiger partial charge in [0.1, 0.15) is 9.66 Å². The predicted octanol–water partition coefficient (Wildman–Crippen LogP) is 23.1. The molecule has 1 saturated heterocycles. The van der Waals surface area contributed by atoms with Crippen LogP contribution in [-0.4, -0.2) is 47.4 Å². The van der Waals surface area contributed by atoms with Crippen molar-refractivity contribution in [1.29, 1.82) is 0 Å². The summed E-state index contributed by atoms with van der Waals surface area (Å²) in [4.78, 5) is 21.6. The Hall–Kier alpha value is -9.74. The van der Waals surface area contributed by atoms with E-state index in [1.54, 1.807) is 0 Å². The topological polar surface area (TPSA) is 79.9 Å². The van der Waals surface area contributed by atoms with Crippen LogP contribution in [0.15, 0.2) is 284 Å². The van der Waals surface area contributed by atoms with Gasteiger partial charge in [-0.2, -0.15) is 0 Å². The molecule has 1 fully saturated rings. The SMILES string of the molecule is Brc1nc(-c2ccccc2)cc(-c2ccccc2)n1.CC1(C)OB(c2ccc3sc4c(sc5c4c4ccccc4n5-c4ccccc4)c3c2)OC1(C)C.c1ccc(-c2cc(-c3ccccc3)nc(-c3ccc4sc5c(sc6c5c5ccccc5n6-c5ccccc5)c4c3)n2)cc1. The van der Waals surface area contributed by atoms with Crippen molar-refractivity contribution in [2.24, 2.45) is 0 Å². The van der Waals surface area contributed by atoms with Gasteiger partial charge in [0.15, 0.2) is 10.6 Å². The van der Waals surface area contributed by atoms with Gasteiger partial charge in [0.25, 0.3) is 0 Å². The summed E-state index contributed by atoms with van der Waals surface area (Å²) in [6.07, 6.45) is 0. The highest BCUT2D eigenvalue weighted by atomic mass is 79.9. The maximum atomic E-state index is 6.35. The lowest BCUT2D eigenvalue weighted by Gasteiger charge is -2.32. The van der Waals surface area contributed by atoms with E-state index in [9.17, 15) is 0 Å². The summed E-state index contributed by atoms with van der Waals surface area (Å²) in [5.74, 6) is 0.738. The van der Waals surface area contributed by atoms with Gasteiger partial charge >= 0.3 is 7.12 Å². The molecule has 96 heavy (non-hydrogen) atoms. The molecule has 14 heteroatoms. The third-order valence-electron chi connectivity index (χ3n) is 18.3. The smallest absolute Gasteiger partial charge is 0.399 e. The molecule has 1 aliphatic heterocycles. The van der Waals surface area contributed by atoms with Crippen LogP contribution in [0.25, 0.3) is 149 Å². The summed E-state index contributed by atoms with van der Waals surface area (Å²) < 4.78 is 26.1. The Balaban J connectivity index is 0.000000117. The Morgan fingerprint density at radius 3 is 1.14 bits per heavy atom. The van der Waals surface area contributed by atoms with E-state index in [1.165, 1.54) is 92.6 Å². The summed E-state index contributed by atoms with van der Waals surface area (Å²) in [7, 11) is -0.349. The molecule has 0 saturated carbocycles. The van der Waals surface area contributed by atoms with Gasteiger partial charge in [0.2, 0.25) is 0 Å². The van der Waals surface area contributed by atoms with Crippen LogP contribution in [0.3, 0.4) is 0 Å². The van der Waals surface area contributed by atoms with Crippen LogP contribution < -0.4 is 5.46 Å². The number of benzene rings is 10. The third-order valence-corrected chi connectivity index (χ3v) is 23.7. The highest BCUT2D eigenvalue weighted by molar-refractivity contribution is 9.10. The molecule has 0 amide bonds. The first-order valence-electron chi connectivity index (χ1n) is 31.9. The molecule has 462 valence electrons. The van der Waals surface area contributed by atoms with Crippen molar-refractivity contribution >= 4 is 155 Å². The van der Waals surface area contributed by atoms with E-state index in [0.29, 0.717) is 4.73 Å². The van der Waals surface area contributed by atoms with Crippen LogP contribution >= 0.6 is 61.3 Å². The van der Waals surface area contributed by atoms with Gasteiger partial charge in [-0.1, -0.05) is 206 Å². The molecule has 1 aliphatic rings. The molecule has 8 aromatic heterocycles. The maximum Gasteiger partial charge on any atom is 0.494 e. The average molecular weight is 1380 g/mol. The second-order valence-corrected chi connectivity index (χ2v) is 29.7. The van der Waals surface area contributed by atoms with Gasteiger partial charge in [-0.15, -0.1) is 45.3 Å². The number of fused-ring (bicyclic) bond motifs is 14. The van der Waals surface area contributed by atoms with Gasteiger partial charge < -0.3 is 18.4 Å². The minimum absolute atomic E-state index is 0.347. The van der Waals surface area contributed by atoms with Crippen LogP contribution in [-0.2, 0) is 9.31 Å². The number of rotatable bonds is 8.